The Labute approximate surface area is 290 Å². The summed E-state index contributed by atoms with van der Waals surface area (Å²) in [7, 11) is 0. The largest absolute Gasteiger partial charge is 0.456 e. The summed E-state index contributed by atoms with van der Waals surface area (Å²) in [6.45, 7) is 0. The quantitative estimate of drug-likeness (QED) is 0.189. The standard InChI is InChI=1S/C45H26N4O2/c1-3-12-27(13-4-1)29-22-25-38-34(26-29)40-33(18-11-21-39(40)50-38)44-46-43(28-14-5-2-6-15-28)47-45(48-44)49-35-19-9-7-17-32(35)41-36(49)24-23-31-30-16-8-10-20-37(30)51-42(31)41/h1-26H. The number of nitrogens with zero attached hydrogens (tertiary/aromatic N) is 4. The van der Waals surface area contributed by atoms with Crippen molar-refractivity contribution in [2.45, 2.75) is 0 Å². The van der Waals surface area contributed by atoms with E-state index in [0.717, 1.165) is 87.9 Å². The van der Waals surface area contributed by atoms with E-state index in [2.05, 4.69) is 95.6 Å². The molecule has 6 nitrogen and oxygen atoms in total. The molecule has 0 saturated carbocycles. The van der Waals surface area contributed by atoms with Crippen LogP contribution in [-0.4, -0.2) is 19.5 Å². The fraction of sp³-hybridized carbons (Fsp3) is 0. The molecule has 0 N–H and O–H groups in total. The first-order chi connectivity index (χ1) is 25.3. The van der Waals surface area contributed by atoms with Gasteiger partial charge < -0.3 is 8.83 Å². The number of benzene rings is 7. The monoisotopic (exact) mass is 654 g/mol. The smallest absolute Gasteiger partial charge is 0.238 e. The van der Waals surface area contributed by atoms with E-state index in [-0.39, 0.29) is 0 Å². The Bertz CT molecular complexity index is 3140. The molecule has 4 heterocycles. The third kappa shape index (κ3) is 4.20. The van der Waals surface area contributed by atoms with Gasteiger partial charge >= 0.3 is 0 Å². The Balaban J connectivity index is 1.21. The molecule has 0 fully saturated rings. The molecule has 51 heavy (non-hydrogen) atoms. The summed E-state index contributed by atoms with van der Waals surface area (Å²) in [4.78, 5) is 15.6. The van der Waals surface area contributed by atoms with Gasteiger partial charge in [-0.1, -0.05) is 115 Å². The maximum Gasteiger partial charge on any atom is 0.238 e. The zero-order valence-electron chi connectivity index (χ0n) is 27.1. The van der Waals surface area contributed by atoms with Crippen molar-refractivity contribution in [3.63, 3.8) is 0 Å². The summed E-state index contributed by atoms with van der Waals surface area (Å²) in [5, 5.41) is 6.24. The van der Waals surface area contributed by atoms with Crippen LogP contribution in [0.4, 0.5) is 0 Å². The summed E-state index contributed by atoms with van der Waals surface area (Å²) in [5.41, 5.74) is 9.28. The number of aromatic nitrogens is 4. The molecule has 7 aromatic carbocycles. The van der Waals surface area contributed by atoms with Gasteiger partial charge in [0.1, 0.15) is 22.3 Å². The van der Waals surface area contributed by atoms with Crippen molar-refractivity contribution in [2.24, 2.45) is 0 Å². The van der Waals surface area contributed by atoms with Gasteiger partial charge in [-0.3, -0.25) is 4.57 Å². The molecular formula is C45H26N4O2. The molecule has 0 aliphatic carbocycles. The zero-order chi connectivity index (χ0) is 33.5. The van der Waals surface area contributed by atoms with Crippen molar-refractivity contribution < 1.29 is 8.83 Å². The molecule has 0 bridgehead atoms. The van der Waals surface area contributed by atoms with Crippen LogP contribution < -0.4 is 0 Å². The highest BCUT2D eigenvalue weighted by Crippen LogP contribution is 2.41. The Morgan fingerprint density at radius 1 is 0.392 bits per heavy atom. The second kappa shape index (κ2) is 10.7. The van der Waals surface area contributed by atoms with Crippen LogP contribution in [0.15, 0.2) is 167 Å². The van der Waals surface area contributed by atoms with Gasteiger partial charge in [0, 0.05) is 38.1 Å². The van der Waals surface area contributed by atoms with Crippen molar-refractivity contribution in [1.82, 2.24) is 19.5 Å². The number of rotatable bonds is 4. The summed E-state index contributed by atoms with van der Waals surface area (Å²) in [6, 6.07) is 53.8. The van der Waals surface area contributed by atoms with E-state index in [9.17, 15) is 0 Å². The van der Waals surface area contributed by atoms with Crippen molar-refractivity contribution in [3.8, 4) is 39.9 Å². The number of hydrogen-bond acceptors (Lipinski definition) is 5. The van der Waals surface area contributed by atoms with E-state index in [4.69, 9.17) is 23.8 Å². The van der Waals surface area contributed by atoms with E-state index in [0.29, 0.717) is 17.6 Å². The highest BCUT2D eigenvalue weighted by molar-refractivity contribution is 6.23. The predicted molar refractivity (Wildman–Crippen MR) is 205 cm³/mol. The molecule has 11 aromatic rings. The van der Waals surface area contributed by atoms with Crippen LogP contribution in [0.25, 0.3) is 106 Å². The van der Waals surface area contributed by atoms with Crippen molar-refractivity contribution in [3.05, 3.63) is 158 Å². The van der Waals surface area contributed by atoms with Crippen LogP contribution in [0.1, 0.15) is 0 Å². The average molecular weight is 655 g/mol. The average Bonchev–Trinajstić information content (AvgIpc) is 3.87. The maximum absolute atomic E-state index is 6.55. The lowest BCUT2D eigenvalue weighted by atomic mass is 10.0. The predicted octanol–water partition coefficient (Wildman–Crippen LogP) is 11.8. The number of para-hydroxylation sites is 2. The molecular weight excluding hydrogens is 629 g/mol. The van der Waals surface area contributed by atoms with Crippen LogP contribution >= 0.6 is 0 Å². The van der Waals surface area contributed by atoms with Gasteiger partial charge in [-0.05, 0) is 53.6 Å². The number of furan rings is 2. The minimum atomic E-state index is 0.523. The van der Waals surface area contributed by atoms with Crippen LogP contribution in [0, 0.1) is 0 Å². The molecule has 0 aliphatic rings. The molecule has 0 atom stereocenters. The van der Waals surface area contributed by atoms with Crippen LogP contribution in [-0.2, 0) is 0 Å². The molecule has 0 saturated heterocycles. The van der Waals surface area contributed by atoms with Gasteiger partial charge in [-0.2, -0.15) is 9.97 Å². The first-order valence-corrected chi connectivity index (χ1v) is 16.9. The molecule has 0 spiro atoms. The van der Waals surface area contributed by atoms with Crippen LogP contribution in [0.2, 0.25) is 0 Å². The molecule has 0 unspecified atom stereocenters. The fourth-order valence-electron chi connectivity index (χ4n) is 7.58. The van der Waals surface area contributed by atoms with Gasteiger partial charge in [-0.15, -0.1) is 0 Å². The lowest BCUT2D eigenvalue weighted by Crippen LogP contribution is -2.06. The molecule has 238 valence electrons. The SMILES string of the molecule is c1ccc(-c2ccc3oc4cccc(-c5nc(-c6ccccc6)nc(-n6c7ccccc7c7c8oc9ccccc9c8ccc76)n5)c4c3c2)cc1. The molecule has 6 heteroatoms. The molecule has 0 amide bonds. The number of hydrogen-bond donors (Lipinski definition) is 0. The van der Waals surface area contributed by atoms with Gasteiger partial charge in [0.2, 0.25) is 5.95 Å². The normalized spacial score (nSPS) is 11.9. The van der Waals surface area contributed by atoms with Gasteiger partial charge in [0.15, 0.2) is 11.6 Å². The molecule has 0 radical (unpaired) electrons. The van der Waals surface area contributed by atoms with E-state index < -0.39 is 0 Å². The summed E-state index contributed by atoms with van der Waals surface area (Å²) in [6.07, 6.45) is 0. The van der Waals surface area contributed by atoms with E-state index in [1.54, 1.807) is 0 Å². The van der Waals surface area contributed by atoms with Gasteiger partial charge in [0.05, 0.1) is 16.4 Å². The van der Waals surface area contributed by atoms with Crippen LogP contribution in [0.5, 0.6) is 0 Å². The van der Waals surface area contributed by atoms with Crippen molar-refractivity contribution in [1.29, 1.82) is 0 Å². The Morgan fingerprint density at radius 2 is 1.10 bits per heavy atom. The van der Waals surface area contributed by atoms with Crippen LogP contribution in [0.3, 0.4) is 0 Å². The van der Waals surface area contributed by atoms with E-state index >= 15 is 0 Å². The Morgan fingerprint density at radius 3 is 1.96 bits per heavy atom. The summed E-state index contributed by atoms with van der Waals surface area (Å²) < 4.78 is 15.1. The zero-order valence-corrected chi connectivity index (χ0v) is 27.1. The van der Waals surface area contributed by atoms with E-state index in [1.807, 2.05) is 66.7 Å². The molecule has 4 aromatic heterocycles. The molecule has 0 aliphatic heterocycles. The first kappa shape index (κ1) is 27.9. The minimum Gasteiger partial charge on any atom is -0.456 e. The lowest BCUT2D eigenvalue weighted by Gasteiger charge is -2.11. The van der Waals surface area contributed by atoms with Crippen molar-refractivity contribution >= 4 is 65.7 Å². The first-order valence-electron chi connectivity index (χ1n) is 16.9. The van der Waals surface area contributed by atoms with Gasteiger partial charge in [-0.25, -0.2) is 4.98 Å². The second-order valence-electron chi connectivity index (χ2n) is 12.8. The van der Waals surface area contributed by atoms with Gasteiger partial charge in [0.25, 0.3) is 0 Å². The highest BCUT2D eigenvalue weighted by Gasteiger charge is 2.23. The highest BCUT2D eigenvalue weighted by atomic mass is 16.3. The Kier molecular flexibility index (Phi) is 5.86. The third-order valence-electron chi connectivity index (χ3n) is 9.88. The lowest BCUT2D eigenvalue weighted by molar-refractivity contribution is 0.669. The second-order valence-corrected chi connectivity index (χ2v) is 12.8. The minimum absolute atomic E-state index is 0.523. The summed E-state index contributed by atoms with van der Waals surface area (Å²) in [5.74, 6) is 1.67. The third-order valence-corrected chi connectivity index (χ3v) is 9.88. The maximum atomic E-state index is 6.55. The summed E-state index contributed by atoms with van der Waals surface area (Å²) >= 11 is 0. The number of fused-ring (bicyclic) bond motifs is 10. The Hall–Kier alpha value is -7.05. The topological polar surface area (TPSA) is 69.9 Å². The fourth-order valence-corrected chi connectivity index (χ4v) is 7.58. The molecule has 11 rings (SSSR count). The van der Waals surface area contributed by atoms with Crippen molar-refractivity contribution in [2.75, 3.05) is 0 Å². The van der Waals surface area contributed by atoms with E-state index in [1.165, 1.54) is 0 Å².